The molecule has 0 aliphatic carbocycles. The second kappa shape index (κ2) is 50.2. The Kier molecular flexibility index (Phi) is 48.3. The van der Waals surface area contributed by atoms with Crippen LogP contribution in [0.4, 0.5) is 0 Å². The molecule has 0 saturated carbocycles. The molecular weight excluding hydrogens is 723 g/mol. The first-order chi connectivity index (χ1) is 29.2. The van der Waals surface area contributed by atoms with Crippen LogP contribution in [0.15, 0.2) is 72.9 Å². The van der Waals surface area contributed by atoms with Crippen molar-refractivity contribution < 1.29 is 15.0 Å². The average Bonchev–Trinajstić information content (AvgIpc) is 3.24. The SMILES string of the molecule is CC/C=C\C/C=C\C/C=C\C/C=C\CCCCCCCCCCCCCCCCCCCCCCCCCCC(=O)NC(CO)C(O)/C=C/CC/C=C/CCCCCC. The normalized spacial score (nSPS) is 13.5. The maximum Gasteiger partial charge on any atom is 0.220 e. The van der Waals surface area contributed by atoms with E-state index in [9.17, 15) is 15.0 Å². The summed E-state index contributed by atoms with van der Waals surface area (Å²) in [5, 5.41) is 22.9. The van der Waals surface area contributed by atoms with Crippen molar-refractivity contribution in [3.05, 3.63) is 72.9 Å². The summed E-state index contributed by atoms with van der Waals surface area (Å²) in [5.74, 6) is -0.0743. The Morgan fingerprint density at radius 3 is 1.19 bits per heavy atom. The van der Waals surface area contributed by atoms with Crippen LogP contribution >= 0.6 is 0 Å². The number of hydrogen-bond acceptors (Lipinski definition) is 3. The van der Waals surface area contributed by atoms with Gasteiger partial charge < -0.3 is 15.5 Å². The zero-order valence-electron chi connectivity index (χ0n) is 39.3. The summed E-state index contributed by atoms with van der Waals surface area (Å²) in [4.78, 5) is 12.4. The van der Waals surface area contributed by atoms with Crippen LogP contribution in [0.2, 0.25) is 0 Å². The lowest BCUT2D eigenvalue weighted by molar-refractivity contribution is -0.123. The molecule has 2 unspecified atom stereocenters. The molecule has 4 nitrogen and oxygen atoms in total. The smallest absolute Gasteiger partial charge is 0.220 e. The quantitative estimate of drug-likeness (QED) is 0.0423. The monoisotopic (exact) mass is 822 g/mol. The Balaban J connectivity index is 3.40. The van der Waals surface area contributed by atoms with E-state index in [0.29, 0.717) is 6.42 Å². The third kappa shape index (κ3) is 46.7. The summed E-state index contributed by atoms with van der Waals surface area (Å²) in [6.07, 6.45) is 72.1. The van der Waals surface area contributed by atoms with Crippen LogP contribution in [0.5, 0.6) is 0 Å². The molecule has 1 amide bonds. The second-order valence-corrected chi connectivity index (χ2v) is 17.2. The highest BCUT2D eigenvalue weighted by molar-refractivity contribution is 5.76. The van der Waals surface area contributed by atoms with Gasteiger partial charge in [0.1, 0.15) is 0 Å². The molecule has 0 aromatic rings. The molecule has 0 rings (SSSR count). The van der Waals surface area contributed by atoms with Crippen LogP contribution in [0.3, 0.4) is 0 Å². The second-order valence-electron chi connectivity index (χ2n) is 17.2. The van der Waals surface area contributed by atoms with Gasteiger partial charge in [-0.15, -0.1) is 0 Å². The maximum atomic E-state index is 12.4. The van der Waals surface area contributed by atoms with Gasteiger partial charge in [0.25, 0.3) is 0 Å². The molecule has 0 spiro atoms. The van der Waals surface area contributed by atoms with Crippen molar-refractivity contribution in [1.82, 2.24) is 5.32 Å². The lowest BCUT2D eigenvalue weighted by atomic mass is 10.0. The van der Waals surface area contributed by atoms with Crippen molar-refractivity contribution in [3.8, 4) is 0 Å². The Morgan fingerprint density at radius 2 is 0.763 bits per heavy atom. The van der Waals surface area contributed by atoms with Gasteiger partial charge in [0.05, 0.1) is 18.8 Å². The number of hydrogen-bond donors (Lipinski definition) is 3. The maximum absolute atomic E-state index is 12.4. The van der Waals surface area contributed by atoms with Crippen molar-refractivity contribution in [3.63, 3.8) is 0 Å². The molecule has 0 heterocycles. The van der Waals surface area contributed by atoms with Gasteiger partial charge in [-0.25, -0.2) is 0 Å². The van der Waals surface area contributed by atoms with E-state index in [1.54, 1.807) is 6.08 Å². The number of carbonyl (C=O) groups is 1. The van der Waals surface area contributed by atoms with Gasteiger partial charge in [0.2, 0.25) is 5.91 Å². The van der Waals surface area contributed by atoms with Crippen LogP contribution in [-0.2, 0) is 4.79 Å². The molecule has 0 radical (unpaired) electrons. The molecular formula is C55H99NO3. The third-order valence-corrected chi connectivity index (χ3v) is 11.4. The van der Waals surface area contributed by atoms with Gasteiger partial charge in [-0.2, -0.15) is 0 Å². The number of aliphatic hydroxyl groups excluding tert-OH is 2. The first kappa shape index (κ1) is 56.8. The molecule has 4 heteroatoms. The molecule has 2 atom stereocenters. The van der Waals surface area contributed by atoms with E-state index in [2.05, 4.69) is 79.9 Å². The fourth-order valence-electron chi connectivity index (χ4n) is 7.54. The van der Waals surface area contributed by atoms with Gasteiger partial charge in [0, 0.05) is 6.42 Å². The minimum absolute atomic E-state index is 0.0743. The molecule has 3 N–H and O–H groups in total. The van der Waals surface area contributed by atoms with Crippen molar-refractivity contribution in [2.75, 3.05) is 6.61 Å². The van der Waals surface area contributed by atoms with Crippen LogP contribution in [0, 0.1) is 0 Å². The standard InChI is InChI=1S/C55H99NO3/c1-3-5-7-9-11-13-15-16-17-18-19-20-21-22-23-24-25-26-27-28-29-30-31-32-33-34-35-36-37-38-39-40-41-43-45-47-49-51-55(59)56-53(52-57)54(58)50-48-46-44-42-14-12-10-8-6-4-2/h5,7,11,13-14,16-17,19-20,42,48,50,53-54,57-58H,3-4,6,8-10,12,15,18,21-41,43-47,49,51-52H2,1-2H3,(H,56,59)/b7-5-,13-11-,17-16-,20-19-,42-14+,50-48+. The summed E-state index contributed by atoms with van der Waals surface area (Å²) in [6.45, 7) is 4.15. The van der Waals surface area contributed by atoms with Crippen molar-refractivity contribution in [2.45, 2.75) is 264 Å². The summed E-state index contributed by atoms with van der Waals surface area (Å²) >= 11 is 0. The van der Waals surface area contributed by atoms with Gasteiger partial charge in [-0.1, -0.05) is 247 Å². The number of rotatable bonds is 46. The number of unbranched alkanes of at least 4 members (excludes halogenated alkanes) is 29. The Labute approximate surface area is 368 Å². The predicted molar refractivity (Wildman–Crippen MR) is 262 cm³/mol. The van der Waals surface area contributed by atoms with Crippen LogP contribution in [0.1, 0.15) is 251 Å². The number of allylic oxidation sites excluding steroid dienone is 11. The highest BCUT2D eigenvalue weighted by atomic mass is 16.3. The van der Waals surface area contributed by atoms with Crippen LogP contribution in [0.25, 0.3) is 0 Å². The van der Waals surface area contributed by atoms with Gasteiger partial charge in [-0.3, -0.25) is 4.79 Å². The van der Waals surface area contributed by atoms with E-state index >= 15 is 0 Å². The number of aliphatic hydroxyl groups is 2. The van der Waals surface area contributed by atoms with Crippen molar-refractivity contribution in [2.24, 2.45) is 0 Å². The fourth-order valence-corrected chi connectivity index (χ4v) is 7.54. The molecule has 0 bridgehead atoms. The minimum Gasteiger partial charge on any atom is -0.394 e. The van der Waals surface area contributed by atoms with E-state index in [-0.39, 0.29) is 12.5 Å². The third-order valence-electron chi connectivity index (χ3n) is 11.4. The average molecular weight is 822 g/mol. The topological polar surface area (TPSA) is 69.6 Å². The van der Waals surface area contributed by atoms with E-state index in [4.69, 9.17) is 0 Å². The molecule has 0 aromatic heterocycles. The number of nitrogens with one attached hydrogen (secondary N) is 1. The van der Waals surface area contributed by atoms with Gasteiger partial charge in [-0.05, 0) is 70.6 Å². The largest absolute Gasteiger partial charge is 0.394 e. The van der Waals surface area contributed by atoms with Crippen LogP contribution in [-0.4, -0.2) is 34.9 Å². The first-order valence-corrected chi connectivity index (χ1v) is 25.7. The number of carbonyl (C=O) groups excluding carboxylic acids is 1. The van der Waals surface area contributed by atoms with Crippen molar-refractivity contribution in [1.29, 1.82) is 0 Å². The highest BCUT2D eigenvalue weighted by Crippen LogP contribution is 2.16. The predicted octanol–water partition coefficient (Wildman–Crippen LogP) is 16.6. The van der Waals surface area contributed by atoms with E-state index < -0.39 is 12.1 Å². The lowest BCUT2D eigenvalue weighted by Gasteiger charge is -2.19. The molecule has 0 aliphatic rings. The summed E-state index contributed by atoms with van der Waals surface area (Å²) in [6, 6.07) is -0.637. The highest BCUT2D eigenvalue weighted by Gasteiger charge is 2.17. The van der Waals surface area contributed by atoms with E-state index in [1.165, 1.54) is 173 Å². The Morgan fingerprint density at radius 1 is 0.424 bits per heavy atom. The van der Waals surface area contributed by atoms with E-state index in [0.717, 1.165) is 57.8 Å². The summed E-state index contributed by atoms with van der Waals surface area (Å²) in [7, 11) is 0. The lowest BCUT2D eigenvalue weighted by Crippen LogP contribution is -2.45. The van der Waals surface area contributed by atoms with E-state index in [1.807, 2.05) is 6.08 Å². The molecule has 0 aromatic carbocycles. The zero-order valence-corrected chi connectivity index (χ0v) is 39.3. The Bertz CT molecular complexity index is 1020. The number of amides is 1. The fraction of sp³-hybridized carbons (Fsp3) is 0.764. The van der Waals surface area contributed by atoms with Crippen molar-refractivity contribution >= 4 is 5.91 Å². The summed E-state index contributed by atoms with van der Waals surface area (Å²) < 4.78 is 0. The molecule has 0 aliphatic heterocycles. The Hall–Kier alpha value is -2.17. The minimum atomic E-state index is -0.860. The summed E-state index contributed by atoms with van der Waals surface area (Å²) in [5.41, 5.74) is 0. The molecule has 0 saturated heterocycles. The molecule has 59 heavy (non-hydrogen) atoms. The first-order valence-electron chi connectivity index (χ1n) is 25.7. The molecule has 0 fully saturated rings. The van der Waals surface area contributed by atoms with Gasteiger partial charge in [0.15, 0.2) is 0 Å². The zero-order chi connectivity index (χ0) is 42.8. The molecule has 342 valence electrons. The van der Waals surface area contributed by atoms with Crippen LogP contribution < -0.4 is 5.32 Å². The van der Waals surface area contributed by atoms with Gasteiger partial charge >= 0.3 is 0 Å².